The Labute approximate surface area is 142 Å². The average Bonchev–Trinajstić information content (AvgIpc) is 3.33. The van der Waals surface area contributed by atoms with Crippen LogP contribution in [0, 0.1) is 35.5 Å². The Morgan fingerprint density at radius 3 is 2.21 bits per heavy atom. The van der Waals surface area contributed by atoms with Gasteiger partial charge in [-0.1, -0.05) is 23.8 Å². The van der Waals surface area contributed by atoms with Crippen molar-refractivity contribution in [1.82, 2.24) is 0 Å². The van der Waals surface area contributed by atoms with Gasteiger partial charge in [-0.25, -0.2) is 9.69 Å². The van der Waals surface area contributed by atoms with Gasteiger partial charge in [0.2, 0.25) is 11.8 Å². The van der Waals surface area contributed by atoms with Crippen LogP contribution in [0.5, 0.6) is 0 Å². The molecule has 1 aromatic rings. The predicted octanol–water partition coefficient (Wildman–Crippen LogP) is 2.60. The number of nitrogens with zero attached hydrogens (tertiary/aromatic N) is 1. The number of anilines is 1. The molecule has 5 aliphatic rings. The van der Waals surface area contributed by atoms with E-state index in [0.717, 1.165) is 6.42 Å². The topological polar surface area (TPSA) is 74.7 Å². The fourth-order valence-corrected chi connectivity index (χ4v) is 5.23. The van der Waals surface area contributed by atoms with E-state index >= 15 is 0 Å². The Morgan fingerprint density at radius 1 is 1.08 bits per heavy atom. The van der Waals surface area contributed by atoms with Gasteiger partial charge >= 0.3 is 5.97 Å². The van der Waals surface area contributed by atoms with Crippen molar-refractivity contribution >= 4 is 35.1 Å². The summed E-state index contributed by atoms with van der Waals surface area (Å²) in [6, 6.07) is 4.28. The van der Waals surface area contributed by atoms with Crippen molar-refractivity contribution in [3.05, 3.63) is 40.9 Å². The summed E-state index contributed by atoms with van der Waals surface area (Å²) in [7, 11) is 0. The molecule has 4 aliphatic carbocycles. The number of carboxylic acid groups (broad SMARTS) is 1. The van der Waals surface area contributed by atoms with Gasteiger partial charge in [0.25, 0.3) is 0 Å². The van der Waals surface area contributed by atoms with E-state index in [-0.39, 0.29) is 46.1 Å². The largest absolute Gasteiger partial charge is 0.478 e. The SMILES string of the molecule is O=C(O)c1cc(N2C(=O)[C@@H]3[C@H]4C=C[C@H]([C@@H]5C[C@H]45)[C@@H]3C2=O)ccc1Cl. The molecule has 3 fully saturated rings. The van der Waals surface area contributed by atoms with E-state index in [9.17, 15) is 19.5 Å². The molecule has 0 spiro atoms. The number of benzene rings is 1. The highest BCUT2D eigenvalue weighted by Gasteiger charge is 2.67. The third-order valence-corrected chi connectivity index (χ3v) is 6.43. The highest BCUT2D eigenvalue weighted by molar-refractivity contribution is 6.34. The number of carbonyl (C=O) groups is 3. The van der Waals surface area contributed by atoms with Crippen LogP contribution in [0.15, 0.2) is 30.4 Å². The number of aromatic carboxylic acids is 1. The zero-order chi connectivity index (χ0) is 16.7. The second-order valence-corrected chi connectivity index (χ2v) is 7.54. The van der Waals surface area contributed by atoms with E-state index in [1.807, 2.05) is 0 Å². The van der Waals surface area contributed by atoms with E-state index in [1.165, 1.54) is 23.1 Å². The van der Waals surface area contributed by atoms with Crippen LogP contribution in [0.1, 0.15) is 16.8 Å². The quantitative estimate of drug-likeness (QED) is 0.661. The van der Waals surface area contributed by atoms with Crippen LogP contribution in [0.4, 0.5) is 5.69 Å². The van der Waals surface area contributed by atoms with Crippen LogP contribution in [0.3, 0.4) is 0 Å². The third-order valence-electron chi connectivity index (χ3n) is 6.10. The summed E-state index contributed by atoms with van der Waals surface area (Å²) >= 11 is 5.89. The van der Waals surface area contributed by atoms with E-state index in [1.54, 1.807) is 0 Å². The molecule has 0 unspecified atom stereocenters. The molecule has 1 heterocycles. The molecule has 0 radical (unpaired) electrons. The Bertz CT molecular complexity index is 811. The second-order valence-electron chi connectivity index (χ2n) is 7.14. The lowest BCUT2D eigenvalue weighted by atomic mass is 9.63. The van der Waals surface area contributed by atoms with E-state index in [0.29, 0.717) is 17.5 Å². The summed E-state index contributed by atoms with van der Waals surface area (Å²) in [5.41, 5.74) is 0.197. The molecule has 24 heavy (non-hydrogen) atoms. The highest BCUT2D eigenvalue weighted by Crippen LogP contribution is 2.65. The summed E-state index contributed by atoms with van der Waals surface area (Å²) < 4.78 is 0. The summed E-state index contributed by atoms with van der Waals surface area (Å²) in [5, 5.41) is 9.31. The number of imide groups is 1. The molecule has 2 amide bonds. The zero-order valence-corrected chi connectivity index (χ0v) is 13.3. The molecular formula is C18H14ClNO4. The first-order valence-electron chi connectivity index (χ1n) is 8.08. The lowest BCUT2D eigenvalue weighted by Crippen LogP contribution is -2.40. The van der Waals surface area contributed by atoms with Crippen molar-refractivity contribution in [2.45, 2.75) is 6.42 Å². The van der Waals surface area contributed by atoms with Crippen LogP contribution in [-0.4, -0.2) is 22.9 Å². The normalized spacial score (nSPS) is 38.3. The van der Waals surface area contributed by atoms with Gasteiger partial charge in [-0.3, -0.25) is 9.59 Å². The number of hydrogen-bond acceptors (Lipinski definition) is 3. The summed E-state index contributed by atoms with van der Waals surface area (Å²) in [6.07, 6.45) is 5.33. The molecule has 6 rings (SSSR count). The zero-order valence-electron chi connectivity index (χ0n) is 12.6. The first kappa shape index (κ1) is 14.2. The Balaban J connectivity index is 1.57. The van der Waals surface area contributed by atoms with Gasteiger partial charge in [-0.15, -0.1) is 0 Å². The van der Waals surface area contributed by atoms with Gasteiger partial charge in [-0.2, -0.15) is 0 Å². The van der Waals surface area contributed by atoms with Crippen molar-refractivity contribution in [2.75, 3.05) is 4.90 Å². The molecule has 5 nitrogen and oxygen atoms in total. The van der Waals surface area contributed by atoms with Crippen LogP contribution in [-0.2, 0) is 9.59 Å². The number of carbonyl (C=O) groups excluding carboxylic acids is 2. The molecule has 1 aromatic carbocycles. The molecule has 1 saturated heterocycles. The van der Waals surface area contributed by atoms with Gasteiger partial charge in [0, 0.05) is 0 Å². The predicted molar refractivity (Wildman–Crippen MR) is 85.6 cm³/mol. The molecule has 1 N–H and O–H groups in total. The first-order chi connectivity index (χ1) is 11.5. The van der Waals surface area contributed by atoms with Crippen molar-refractivity contribution < 1.29 is 19.5 Å². The van der Waals surface area contributed by atoms with Gasteiger partial charge < -0.3 is 5.11 Å². The number of allylic oxidation sites excluding steroid dienone is 2. The van der Waals surface area contributed by atoms with Gasteiger partial charge in [0.05, 0.1) is 28.1 Å². The van der Waals surface area contributed by atoms with E-state index < -0.39 is 5.97 Å². The van der Waals surface area contributed by atoms with Crippen molar-refractivity contribution in [2.24, 2.45) is 35.5 Å². The highest BCUT2D eigenvalue weighted by atomic mass is 35.5. The van der Waals surface area contributed by atoms with Crippen LogP contribution < -0.4 is 4.90 Å². The molecule has 0 aromatic heterocycles. The number of halogens is 1. The summed E-state index contributed by atoms with van der Waals surface area (Å²) in [4.78, 5) is 38.4. The van der Waals surface area contributed by atoms with E-state index in [2.05, 4.69) is 12.2 Å². The first-order valence-corrected chi connectivity index (χ1v) is 8.46. The maximum absolute atomic E-state index is 13.0. The van der Waals surface area contributed by atoms with Crippen molar-refractivity contribution in [3.8, 4) is 0 Å². The minimum absolute atomic E-state index is 0.0886. The second kappa shape index (κ2) is 4.48. The Morgan fingerprint density at radius 2 is 1.67 bits per heavy atom. The summed E-state index contributed by atoms with van der Waals surface area (Å²) in [6.45, 7) is 0. The molecule has 1 aliphatic heterocycles. The molecule has 6 heteroatoms. The number of hydrogen-bond donors (Lipinski definition) is 1. The summed E-state index contributed by atoms with van der Waals surface area (Å²) in [5.74, 6) is -0.783. The third kappa shape index (κ3) is 1.63. The lowest BCUT2D eigenvalue weighted by Gasteiger charge is -2.37. The van der Waals surface area contributed by atoms with Gasteiger partial charge in [-0.05, 0) is 48.3 Å². The van der Waals surface area contributed by atoms with Crippen molar-refractivity contribution in [3.63, 3.8) is 0 Å². The molecule has 2 bridgehead atoms. The fraction of sp³-hybridized carbons (Fsp3) is 0.389. The van der Waals surface area contributed by atoms with Crippen LogP contribution >= 0.6 is 11.6 Å². The average molecular weight is 344 g/mol. The Kier molecular flexibility index (Phi) is 2.65. The number of rotatable bonds is 2. The van der Waals surface area contributed by atoms with Gasteiger partial charge in [0.1, 0.15) is 0 Å². The minimum Gasteiger partial charge on any atom is -0.478 e. The van der Waals surface area contributed by atoms with E-state index in [4.69, 9.17) is 11.6 Å². The fourth-order valence-electron chi connectivity index (χ4n) is 5.03. The Hall–Kier alpha value is -2.14. The van der Waals surface area contributed by atoms with Crippen molar-refractivity contribution in [1.29, 1.82) is 0 Å². The maximum Gasteiger partial charge on any atom is 0.337 e. The molecular weight excluding hydrogens is 330 g/mol. The minimum atomic E-state index is -1.18. The van der Waals surface area contributed by atoms with Gasteiger partial charge in [0.15, 0.2) is 0 Å². The maximum atomic E-state index is 13.0. The molecule has 122 valence electrons. The van der Waals surface area contributed by atoms with Crippen LogP contribution in [0.25, 0.3) is 0 Å². The molecule has 2 saturated carbocycles. The lowest BCUT2D eigenvalue weighted by molar-refractivity contribution is -0.124. The smallest absolute Gasteiger partial charge is 0.337 e. The molecule has 6 atom stereocenters. The number of carboxylic acids is 1. The monoisotopic (exact) mass is 343 g/mol. The van der Waals surface area contributed by atoms with Crippen LogP contribution in [0.2, 0.25) is 5.02 Å². The number of amides is 2. The standard InChI is InChI=1S/C18H14ClNO4/c19-13-4-1-7(5-12(13)18(23)24)20-16(21)14-8-2-3-9(11-6-10(8)11)15(14)17(20)22/h1-5,8-11,14-15H,6H2,(H,23,24)/t8-,9+,10+,11-,14+,15-.